The first-order chi connectivity index (χ1) is 15.1. The summed E-state index contributed by atoms with van der Waals surface area (Å²) in [5.74, 6) is 0.428. The number of nitrogens with zero attached hydrogens (tertiary/aromatic N) is 5. The van der Waals surface area contributed by atoms with Crippen LogP contribution in [0.1, 0.15) is 36.1 Å². The summed E-state index contributed by atoms with van der Waals surface area (Å²) in [5, 5.41) is 19.1. The lowest BCUT2D eigenvalue weighted by Crippen LogP contribution is -2.30. The van der Waals surface area contributed by atoms with Crippen molar-refractivity contribution in [3.63, 3.8) is 0 Å². The quantitative estimate of drug-likeness (QED) is 0.610. The third-order valence-electron chi connectivity index (χ3n) is 5.71. The van der Waals surface area contributed by atoms with Gasteiger partial charge in [-0.05, 0) is 55.3 Å². The maximum Gasteiger partial charge on any atom is 0.176 e. The van der Waals surface area contributed by atoms with Gasteiger partial charge in [0.1, 0.15) is 0 Å². The van der Waals surface area contributed by atoms with E-state index >= 15 is 0 Å². The third-order valence-corrected chi connectivity index (χ3v) is 5.71. The Bertz CT molecular complexity index is 992. The number of aliphatic imine (C=N–C) groups is 1. The molecular weight excluding hydrogens is 390 g/mol. The van der Waals surface area contributed by atoms with Crippen LogP contribution in [0.3, 0.4) is 0 Å². The van der Waals surface area contributed by atoms with Crippen LogP contribution in [0.4, 0.5) is 0 Å². The number of nitriles is 2. The van der Waals surface area contributed by atoms with Crippen molar-refractivity contribution in [2.24, 2.45) is 10.9 Å². The number of ether oxygens (including phenoxy) is 2. The van der Waals surface area contributed by atoms with Crippen LogP contribution in [0, 0.1) is 28.6 Å². The molecule has 0 N–H and O–H groups in total. The van der Waals surface area contributed by atoms with Crippen LogP contribution in [-0.4, -0.2) is 49.5 Å². The molecule has 1 aliphatic rings. The van der Waals surface area contributed by atoms with Crippen LogP contribution >= 0.6 is 0 Å². The Morgan fingerprint density at radius 3 is 2.35 bits per heavy atom. The zero-order valence-electron chi connectivity index (χ0n) is 18.5. The fourth-order valence-electron chi connectivity index (χ4n) is 4.15. The van der Waals surface area contributed by atoms with Crippen LogP contribution in [0.25, 0.3) is 0 Å². The number of benzene rings is 1. The number of piperidine rings is 1. The Hall–Kier alpha value is -3.29. The van der Waals surface area contributed by atoms with E-state index in [9.17, 15) is 10.5 Å². The number of rotatable bonds is 8. The predicted molar refractivity (Wildman–Crippen MR) is 119 cm³/mol. The first-order valence-corrected chi connectivity index (χ1v) is 10.5. The fraction of sp³-hybridized carbons (Fsp3) is 0.458. The Morgan fingerprint density at radius 1 is 1.03 bits per heavy atom. The maximum atomic E-state index is 9.54. The lowest BCUT2D eigenvalue weighted by molar-refractivity contribution is 0.221. The highest BCUT2D eigenvalue weighted by molar-refractivity contribution is 6.05. The Morgan fingerprint density at radius 2 is 1.74 bits per heavy atom. The van der Waals surface area contributed by atoms with Gasteiger partial charge in [0.25, 0.3) is 0 Å². The Labute approximate surface area is 184 Å². The SMILES string of the molecule is CN=C(c1c(CN2CCCCC2)ccn1Cc1ccc(OC)c(OC)c1)C(C#N)C#N. The van der Waals surface area contributed by atoms with Crippen LogP contribution in [0.2, 0.25) is 0 Å². The first kappa shape index (κ1) is 22.4. The molecule has 0 spiro atoms. The summed E-state index contributed by atoms with van der Waals surface area (Å²) < 4.78 is 12.9. The van der Waals surface area contributed by atoms with Crippen LogP contribution in [0.5, 0.6) is 11.5 Å². The average molecular weight is 420 g/mol. The zero-order chi connectivity index (χ0) is 22.2. The van der Waals surface area contributed by atoms with Crippen LogP contribution in [0.15, 0.2) is 35.5 Å². The lowest BCUT2D eigenvalue weighted by atomic mass is 9.99. The molecular formula is C24H29N5O2. The van der Waals surface area contributed by atoms with E-state index in [1.54, 1.807) is 21.3 Å². The number of methoxy groups -OCH3 is 2. The van der Waals surface area contributed by atoms with Crippen molar-refractivity contribution in [2.45, 2.75) is 32.4 Å². The predicted octanol–water partition coefficient (Wildman–Crippen LogP) is 3.62. The number of hydrogen-bond donors (Lipinski definition) is 0. The van der Waals surface area contributed by atoms with E-state index < -0.39 is 5.92 Å². The number of likely N-dealkylation sites (tertiary alicyclic amines) is 1. The molecule has 2 heterocycles. The topological polar surface area (TPSA) is 86.6 Å². The van der Waals surface area contributed by atoms with Gasteiger partial charge in [0.2, 0.25) is 0 Å². The highest BCUT2D eigenvalue weighted by Crippen LogP contribution is 2.29. The van der Waals surface area contributed by atoms with Gasteiger partial charge in [0, 0.05) is 26.3 Å². The largest absolute Gasteiger partial charge is 0.493 e. The molecule has 0 saturated carbocycles. The van der Waals surface area contributed by atoms with Gasteiger partial charge in [-0.2, -0.15) is 10.5 Å². The molecule has 0 atom stereocenters. The summed E-state index contributed by atoms with van der Waals surface area (Å²) in [4.78, 5) is 6.81. The van der Waals surface area contributed by atoms with Gasteiger partial charge in [-0.3, -0.25) is 9.89 Å². The highest BCUT2D eigenvalue weighted by atomic mass is 16.5. The molecule has 7 nitrogen and oxygen atoms in total. The van der Waals surface area contributed by atoms with E-state index in [1.165, 1.54) is 19.3 Å². The number of hydrogen-bond acceptors (Lipinski definition) is 6. The molecule has 1 saturated heterocycles. The average Bonchev–Trinajstić information content (AvgIpc) is 3.19. The van der Waals surface area contributed by atoms with Gasteiger partial charge in [0.05, 0.1) is 37.8 Å². The molecule has 3 rings (SSSR count). The second-order valence-corrected chi connectivity index (χ2v) is 7.64. The highest BCUT2D eigenvalue weighted by Gasteiger charge is 2.24. The van der Waals surface area contributed by atoms with Gasteiger partial charge in [-0.25, -0.2) is 0 Å². The Balaban J connectivity index is 1.99. The fourth-order valence-corrected chi connectivity index (χ4v) is 4.15. The molecule has 1 aromatic heterocycles. The molecule has 1 fully saturated rings. The first-order valence-electron chi connectivity index (χ1n) is 10.5. The number of aromatic nitrogens is 1. The van der Waals surface area contributed by atoms with E-state index in [0.717, 1.165) is 36.5 Å². The van der Waals surface area contributed by atoms with Crippen LogP contribution < -0.4 is 9.47 Å². The van der Waals surface area contributed by atoms with E-state index in [0.29, 0.717) is 23.8 Å². The maximum absolute atomic E-state index is 9.54. The van der Waals surface area contributed by atoms with Crippen molar-refractivity contribution in [2.75, 3.05) is 34.4 Å². The minimum atomic E-state index is -0.913. The molecule has 0 unspecified atom stereocenters. The van der Waals surface area contributed by atoms with Crippen molar-refractivity contribution in [3.05, 3.63) is 47.3 Å². The standard InChI is InChI=1S/C24H29N5O2/c1-27-23(20(14-25)15-26)24-19(17-28-10-5-4-6-11-28)9-12-29(24)16-18-7-8-21(30-2)22(13-18)31-3/h7-9,12-13,20H,4-6,10-11,16-17H2,1-3H3. The molecule has 0 bridgehead atoms. The molecule has 2 aromatic rings. The summed E-state index contributed by atoms with van der Waals surface area (Å²) in [6, 6.07) is 12.1. The molecule has 1 aliphatic heterocycles. The minimum absolute atomic E-state index is 0.516. The van der Waals surface area contributed by atoms with Gasteiger partial charge in [-0.15, -0.1) is 0 Å². The summed E-state index contributed by atoms with van der Waals surface area (Å²) in [7, 11) is 4.88. The monoisotopic (exact) mass is 419 g/mol. The van der Waals surface area contributed by atoms with Crippen molar-refractivity contribution in [3.8, 4) is 23.6 Å². The van der Waals surface area contributed by atoms with Gasteiger partial charge in [-0.1, -0.05) is 12.5 Å². The van der Waals surface area contributed by atoms with E-state index in [-0.39, 0.29) is 0 Å². The molecule has 31 heavy (non-hydrogen) atoms. The zero-order valence-corrected chi connectivity index (χ0v) is 18.5. The van der Waals surface area contributed by atoms with Gasteiger partial charge in [0.15, 0.2) is 17.4 Å². The molecule has 7 heteroatoms. The van der Waals surface area contributed by atoms with Crippen molar-refractivity contribution < 1.29 is 9.47 Å². The smallest absolute Gasteiger partial charge is 0.176 e. The van der Waals surface area contributed by atoms with Gasteiger partial charge < -0.3 is 14.0 Å². The molecule has 0 radical (unpaired) electrons. The third kappa shape index (κ3) is 5.07. The second kappa shape index (κ2) is 10.7. The molecule has 0 aliphatic carbocycles. The second-order valence-electron chi connectivity index (χ2n) is 7.64. The van der Waals surface area contributed by atoms with Crippen LogP contribution in [-0.2, 0) is 13.1 Å². The normalized spacial score (nSPS) is 14.8. The summed E-state index contributed by atoms with van der Waals surface area (Å²) in [6.07, 6.45) is 5.70. The molecule has 0 amide bonds. The van der Waals surface area contributed by atoms with Gasteiger partial charge >= 0.3 is 0 Å². The minimum Gasteiger partial charge on any atom is -0.493 e. The molecule has 1 aromatic carbocycles. The molecule has 162 valence electrons. The summed E-state index contributed by atoms with van der Waals surface area (Å²) in [5.41, 5.74) is 3.50. The Kier molecular flexibility index (Phi) is 7.70. The van der Waals surface area contributed by atoms with Crippen molar-refractivity contribution >= 4 is 5.71 Å². The lowest BCUT2D eigenvalue weighted by Gasteiger charge is -2.27. The summed E-state index contributed by atoms with van der Waals surface area (Å²) in [6.45, 7) is 3.49. The van der Waals surface area contributed by atoms with E-state index in [2.05, 4.69) is 32.7 Å². The van der Waals surface area contributed by atoms with E-state index in [1.807, 2.05) is 24.4 Å². The van der Waals surface area contributed by atoms with E-state index in [4.69, 9.17) is 9.47 Å². The summed E-state index contributed by atoms with van der Waals surface area (Å²) >= 11 is 0. The van der Waals surface area contributed by atoms with Crippen molar-refractivity contribution in [1.29, 1.82) is 10.5 Å². The van der Waals surface area contributed by atoms with Crippen molar-refractivity contribution in [1.82, 2.24) is 9.47 Å².